The van der Waals surface area contributed by atoms with Gasteiger partial charge in [0, 0.05) is 10.0 Å². The van der Waals surface area contributed by atoms with Crippen LogP contribution < -0.4 is 16.2 Å². The minimum Gasteiger partial charge on any atom is -0.483 e. The van der Waals surface area contributed by atoms with Gasteiger partial charge >= 0.3 is 0 Å². The maximum Gasteiger partial charge on any atom is 0.271 e. The lowest BCUT2D eigenvalue weighted by Crippen LogP contribution is -2.20. The van der Waals surface area contributed by atoms with E-state index in [-0.39, 0.29) is 18.0 Å². The first-order chi connectivity index (χ1) is 9.49. The minimum absolute atomic E-state index is 0.0213. The number of hydrogen-bond donors (Lipinski definition) is 3. The van der Waals surface area contributed by atoms with Crippen molar-refractivity contribution in [2.24, 2.45) is 11.5 Å². The smallest absolute Gasteiger partial charge is 0.271 e. The quantitative estimate of drug-likeness (QED) is 0.714. The number of H-pyrrole nitrogens is 1. The van der Waals surface area contributed by atoms with Gasteiger partial charge in [0.25, 0.3) is 11.8 Å². The van der Waals surface area contributed by atoms with Crippen LogP contribution in [0.15, 0.2) is 22.7 Å². The van der Waals surface area contributed by atoms with E-state index in [0.717, 1.165) is 4.47 Å². The standard InChI is InChI=1S/C11H10BrN5O3/c12-5-1-2-7(20-4-8(13)18)6(3-5)9-10(11(14)19)16-17-15-9/h1-3H,4H2,(H2,13,18)(H2,14,19)(H,15,16,17). The maximum atomic E-state index is 11.3. The number of ether oxygens (including phenoxy) is 1. The van der Waals surface area contributed by atoms with E-state index in [1.807, 2.05) is 0 Å². The number of hydrogen-bond acceptors (Lipinski definition) is 5. The molecule has 0 aliphatic heterocycles. The van der Waals surface area contributed by atoms with Crippen molar-refractivity contribution in [1.82, 2.24) is 15.4 Å². The van der Waals surface area contributed by atoms with E-state index in [1.165, 1.54) is 0 Å². The molecule has 5 N–H and O–H groups in total. The molecule has 2 amide bonds. The van der Waals surface area contributed by atoms with Gasteiger partial charge in [-0.05, 0) is 18.2 Å². The van der Waals surface area contributed by atoms with Crippen molar-refractivity contribution >= 4 is 27.7 Å². The number of nitrogens with one attached hydrogen (secondary N) is 1. The van der Waals surface area contributed by atoms with E-state index in [9.17, 15) is 9.59 Å². The number of carbonyl (C=O) groups excluding carboxylic acids is 2. The van der Waals surface area contributed by atoms with Gasteiger partial charge in [0.15, 0.2) is 12.3 Å². The summed E-state index contributed by atoms with van der Waals surface area (Å²) in [5.74, 6) is -1.01. The summed E-state index contributed by atoms with van der Waals surface area (Å²) in [5, 5.41) is 9.89. The SMILES string of the molecule is NC(=O)COc1ccc(Br)cc1-c1n[nH]nc1C(N)=O. The van der Waals surface area contributed by atoms with Crippen molar-refractivity contribution in [2.75, 3.05) is 6.61 Å². The van der Waals surface area contributed by atoms with Crippen molar-refractivity contribution in [2.45, 2.75) is 0 Å². The molecule has 20 heavy (non-hydrogen) atoms. The van der Waals surface area contributed by atoms with Gasteiger partial charge < -0.3 is 16.2 Å². The summed E-state index contributed by atoms with van der Waals surface area (Å²) in [6.45, 7) is -0.293. The number of carbonyl (C=O) groups is 2. The fourth-order valence-electron chi connectivity index (χ4n) is 1.55. The molecular formula is C11H10BrN5O3. The summed E-state index contributed by atoms with van der Waals surface area (Å²) in [4.78, 5) is 22.1. The molecule has 104 valence electrons. The third-order valence-electron chi connectivity index (χ3n) is 2.35. The number of primary amides is 2. The zero-order valence-electron chi connectivity index (χ0n) is 10.1. The summed E-state index contributed by atoms with van der Waals surface area (Å²) >= 11 is 3.30. The fraction of sp³-hybridized carbons (Fsp3) is 0.0909. The molecule has 0 spiro atoms. The Bertz CT molecular complexity index is 670. The Labute approximate surface area is 121 Å². The van der Waals surface area contributed by atoms with Crippen LogP contribution in [0.5, 0.6) is 5.75 Å². The molecule has 0 aliphatic rings. The number of aromatic nitrogens is 3. The van der Waals surface area contributed by atoms with Crippen LogP contribution in [0, 0.1) is 0 Å². The summed E-state index contributed by atoms with van der Waals surface area (Å²) in [7, 11) is 0. The number of benzene rings is 1. The monoisotopic (exact) mass is 339 g/mol. The highest BCUT2D eigenvalue weighted by Gasteiger charge is 2.19. The molecule has 2 rings (SSSR count). The van der Waals surface area contributed by atoms with Crippen molar-refractivity contribution < 1.29 is 14.3 Å². The van der Waals surface area contributed by atoms with Gasteiger partial charge in [-0.3, -0.25) is 9.59 Å². The number of rotatable bonds is 5. The van der Waals surface area contributed by atoms with Gasteiger partial charge in [-0.25, -0.2) is 0 Å². The highest BCUT2D eigenvalue weighted by atomic mass is 79.9. The summed E-state index contributed by atoms with van der Waals surface area (Å²) in [5.41, 5.74) is 10.9. The lowest BCUT2D eigenvalue weighted by Gasteiger charge is -2.09. The van der Waals surface area contributed by atoms with Crippen LogP contribution in [0.1, 0.15) is 10.5 Å². The molecule has 0 bridgehead atoms. The Kier molecular flexibility index (Phi) is 3.99. The largest absolute Gasteiger partial charge is 0.483 e. The predicted octanol–water partition coefficient (Wildman–Crippen LogP) is 0.197. The highest BCUT2D eigenvalue weighted by molar-refractivity contribution is 9.10. The molecule has 0 radical (unpaired) electrons. The summed E-state index contributed by atoms with van der Waals surface area (Å²) in [6.07, 6.45) is 0. The number of halogens is 1. The number of nitrogens with two attached hydrogens (primary N) is 2. The average Bonchev–Trinajstić information content (AvgIpc) is 2.86. The lowest BCUT2D eigenvalue weighted by atomic mass is 10.1. The van der Waals surface area contributed by atoms with Crippen molar-refractivity contribution in [1.29, 1.82) is 0 Å². The normalized spacial score (nSPS) is 10.2. The van der Waals surface area contributed by atoms with Crippen molar-refractivity contribution in [3.8, 4) is 17.0 Å². The molecule has 2 aromatic rings. The van der Waals surface area contributed by atoms with Crippen LogP contribution in [0.3, 0.4) is 0 Å². The van der Waals surface area contributed by atoms with Crippen LogP contribution in [-0.4, -0.2) is 33.8 Å². The van der Waals surface area contributed by atoms with Crippen molar-refractivity contribution in [3.63, 3.8) is 0 Å². The zero-order chi connectivity index (χ0) is 14.7. The van der Waals surface area contributed by atoms with Gasteiger partial charge in [0.2, 0.25) is 0 Å². The molecule has 0 fully saturated rings. The Morgan fingerprint density at radius 2 is 2.05 bits per heavy atom. The average molecular weight is 340 g/mol. The van der Waals surface area contributed by atoms with E-state index < -0.39 is 11.8 Å². The lowest BCUT2D eigenvalue weighted by molar-refractivity contribution is -0.119. The zero-order valence-corrected chi connectivity index (χ0v) is 11.7. The molecule has 0 atom stereocenters. The maximum absolute atomic E-state index is 11.3. The van der Waals surface area contributed by atoms with Gasteiger partial charge in [0.05, 0.1) is 0 Å². The van der Waals surface area contributed by atoms with Crippen LogP contribution in [-0.2, 0) is 4.79 Å². The summed E-state index contributed by atoms with van der Waals surface area (Å²) < 4.78 is 6.02. The molecule has 1 aromatic heterocycles. The Balaban J connectivity index is 2.48. The number of amides is 2. The molecular weight excluding hydrogens is 330 g/mol. The van der Waals surface area contributed by atoms with Crippen LogP contribution >= 0.6 is 15.9 Å². The second-order valence-electron chi connectivity index (χ2n) is 3.78. The van der Waals surface area contributed by atoms with Crippen LogP contribution in [0.25, 0.3) is 11.3 Å². The van der Waals surface area contributed by atoms with Crippen LogP contribution in [0.4, 0.5) is 0 Å². The Morgan fingerprint density at radius 1 is 1.30 bits per heavy atom. The van der Waals surface area contributed by atoms with E-state index in [2.05, 4.69) is 31.3 Å². The minimum atomic E-state index is -0.727. The predicted molar refractivity (Wildman–Crippen MR) is 72.7 cm³/mol. The third-order valence-corrected chi connectivity index (χ3v) is 2.84. The highest BCUT2D eigenvalue weighted by Crippen LogP contribution is 2.32. The first-order valence-electron chi connectivity index (χ1n) is 5.40. The van der Waals surface area contributed by atoms with Gasteiger partial charge in [-0.1, -0.05) is 15.9 Å². The van der Waals surface area contributed by atoms with E-state index in [0.29, 0.717) is 11.3 Å². The molecule has 8 nitrogen and oxygen atoms in total. The van der Waals surface area contributed by atoms with E-state index in [4.69, 9.17) is 16.2 Å². The Morgan fingerprint density at radius 3 is 2.70 bits per heavy atom. The molecule has 0 saturated heterocycles. The number of nitrogens with zero attached hydrogens (tertiary/aromatic N) is 2. The molecule has 9 heteroatoms. The first kappa shape index (κ1) is 14.0. The molecule has 1 aromatic carbocycles. The fourth-order valence-corrected chi connectivity index (χ4v) is 1.91. The van der Waals surface area contributed by atoms with Gasteiger partial charge in [0.1, 0.15) is 11.4 Å². The number of aromatic amines is 1. The Hall–Kier alpha value is -2.42. The first-order valence-corrected chi connectivity index (χ1v) is 6.20. The second-order valence-corrected chi connectivity index (χ2v) is 4.70. The topological polar surface area (TPSA) is 137 Å². The third kappa shape index (κ3) is 2.94. The van der Waals surface area contributed by atoms with Gasteiger partial charge in [-0.2, -0.15) is 15.4 Å². The van der Waals surface area contributed by atoms with Crippen LogP contribution in [0.2, 0.25) is 0 Å². The molecule has 0 aliphatic carbocycles. The van der Waals surface area contributed by atoms with Crippen molar-refractivity contribution in [3.05, 3.63) is 28.4 Å². The van der Waals surface area contributed by atoms with E-state index in [1.54, 1.807) is 18.2 Å². The summed E-state index contributed by atoms with van der Waals surface area (Å²) in [6, 6.07) is 4.99. The van der Waals surface area contributed by atoms with Gasteiger partial charge in [-0.15, -0.1) is 0 Å². The molecule has 1 heterocycles. The molecule has 0 unspecified atom stereocenters. The second kappa shape index (κ2) is 5.70. The van der Waals surface area contributed by atoms with E-state index >= 15 is 0 Å². The molecule has 0 saturated carbocycles.